The Balaban J connectivity index is 1.53. The van der Waals surface area contributed by atoms with Crippen LogP contribution in [0.2, 0.25) is 0 Å². The summed E-state index contributed by atoms with van der Waals surface area (Å²) in [5.41, 5.74) is 2.69. The van der Waals surface area contributed by atoms with Crippen LogP contribution in [-0.4, -0.2) is 17.5 Å². The second-order valence-electron chi connectivity index (χ2n) is 4.84. The zero-order valence-electron chi connectivity index (χ0n) is 11.3. The number of amidine groups is 1. The summed E-state index contributed by atoms with van der Waals surface area (Å²) in [5, 5.41) is 4.58. The molecule has 2 nitrogen and oxygen atoms in total. The van der Waals surface area contributed by atoms with E-state index in [0.717, 1.165) is 23.9 Å². The van der Waals surface area contributed by atoms with Crippen molar-refractivity contribution in [2.24, 2.45) is 4.99 Å². The zero-order valence-corrected chi connectivity index (χ0v) is 12.1. The molecule has 0 saturated carbocycles. The van der Waals surface area contributed by atoms with Crippen LogP contribution in [0.25, 0.3) is 0 Å². The van der Waals surface area contributed by atoms with Crippen molar-refractivity contribution in [1.29, 1.82) is 0 Å². The molecule has 20 heavy (non-hydrogen) atoms. The van der Waals surface area contributed by atoms with Crippen LogP contribution in [0.15, 0.2) is 65.7 Å². The summed E-state index contributed by atoms with van der Waals surface area (Å²) in [5.74, 6) is 1.06. The van der Waals surface area contributed by atoms with E-state index < -0.39 is 0 Å². The van der Waals surface area contributed by atoms with Gasteiger partial charge in [0.15, 0.2) is 5.17 Å². The maximum Gasteiger partial charge on any atom is 0.157 e. The fourth-order valence-electron chi connectivity index (χ4n) is 2.28. The van der Waals surface area contributed by atoms with Gasteiger partial charge in [0.2, 0.25) is 0 Å². The summed E-state index contributed by atoms with van der Waals surface area (Å²) < 4.78 is 0. The van der Waals surface area contributed by atoms with Crippen molar-refractivity contribution in [2.75, 3.05) is 12.3 Å². The summed E-state index contributed by atoms with van der Waals surface area (Å²) in [6.45, 7) is 0.848. The first-order chi connectivity index (χ1) is 9.92. The van der Waals surface area contributed by atoms with Crippen LogP contribution in [0.1, 0.15) is 17.2 Å². The minimum Gasteiger partial charge on any atom is -0.357 e. The first-order valence-electron chi connectivity index (χ1n) is 6.94. The van der Waals surface area contributed by atoms with Crippen molar-refractivity contribution in [3.8, 4) is 0 Å². The van der Waals surface area contributed by atoms with Crippen LogP contribution in [0.4, 0.5) is 0 Å². The molecule has 1 heterocycles. The summed E-state index contributed by atoms with van der Waals surface area (Å²) in [7, 11) is 0. The fraction of sp³-hybridized carbons (Fsp3) is 0.235. The van der Waals surface area contributed by atoms with Crippen LogP contribution < -0.4 is 5.32 Å². The van der Waals surface area contributed by atoms with Crippen LogP contribution in [0, 0.1) is 0 Å². The van der Waals surface area contributed by atoms with E-state index in [-0.39, 0.29) is 0 Å². The summed E-state index contributed by atoms with van der Waals surface area (Å²) in [6.07, 6.45) is 1.00. The quantitative estimate of drug-likeness (QED) is 0.925. The highest BCUT2D eigenvalue weighted by atomic mass is 32.2. The molecule has 1 N–H and O–H groups in total. The van der Waals surface area contributed by atoms with E-state index in [1.54, 1.807) is 0 Å². The van der Waals surface area contributed by atoms with E-state index in [0.29, 0.717) is 6.04 Å². The molecule has 1 unspecified atom stereocenters. The van der Waals surface area contributed by atoms with Crippen molar-refractivity contribution in [3.63, 3.8) is 0 Å². The van der Waals surface area contributed by atoms with Crippen LogP contribution >= 0.6 is 11.8 Å². The first kappa shape index (κ1) is 13.3. The van der Waals surface area contributed by atoms with Crippen molar-refractivity contribution in [1.82, 2.24) is 5.32 Å². The van der Waals surface area contributed by atoms with E-state index >= 15 is 0 Å². The lowest BCUT2D eigenvalue weighted by Gasteiger charge is -2.09. The number of benzene rings is 2. The zero-order chi connectivity index (χ0) is 13.6. The van der Waals surface area contributed by atoms with Crippen molar-refractivity contribution < 1.29 is 0 Å². The van der Waals surface area contributed by atoms with Gasteiger partial charge in [0.1, 0.15) is 0 Å². The van der Waals surface area contributed by atoms with Gasteiger partial charge >= 0.3 is 0 Å². The highest BCUT2D eigenvalue weighted by molar-refractivity contribution is 8.14. The van der Waals surface area contributed by atoms with Gasteiger partial charge in [-0.25, -0.2) is 0 Å². The third-order valence-electron chi connectivity index (χ3n) is 3.39. The lowest BCUT2D eigenvalue weighted by atomic mass is 10.1. The predicted octanol–water partition coefficient (Wildman–Crippen LogP) is 3.66. The average molecular weight is 282 g/mol. The van der Waals surface area contributed by atoms with E-state index in [1.807, 2.05) is 17.8 Å². The molecule has 1 atom stereocenters. The molecule has 2 aromatic carbocycles. The average Bonchev–Trinajstić information content (AvgIpc) is 2.98. The van der Waals surface area contributed by atoms with Crippen LogP contribution in [-0.2, 0) is 6.42 Å². The van der Waals surface area contributed by atoms with Crippen LogP contribution in [0.5, 0.6) is 0 Å². The second kappa shape index (κ2) is 6.62. The Morgan fingerprint density at radius 3 is 2.45 bits per heavy atom. The van der Waals surface area contributed by atoms with Gasteiger partial charge in [-0.3, -0.25) is 4.99 Å². The smallest absolute Gasteiger partial charge is 0.157 e. The molecule has 3 rings (SSSR count). The molecule has 0 radical (unpaired) electrons. The third kappa shape index (κ3) is 3.42. The molecule has 1 aliphatic rings. The molecule has 0 amide bonds. The molecule has 0 aliphatic carbocycles. The number of thioether (sulfide) groups is 1. The van der Waals surface area contributed by atoms with Crippen molar-refractivity contribution >= 4 is 16.9 Å². The summed E-state index contributed by atoms with van der Waals surface area (Å²) in [6, 6.07) is 21.5. The van der Waals surface area contributed by atoms with Gasteiger partial charge in [-0.2, -0.15) is 0 Å². The molecule has 2 aromatic rings. The Labute approximate surface area is 124 Å². The van der Waals surface area contributed by atoms with Gasteiger partial charge in [-0.1, -0.05) is 72.4 Å². The Bertz CT molecular complexity index is 566. The second-order valence-corrected chi connectivity index (χ2v) is 5.85. The Kier molecular flexibility index (Phi) is 4.38. The molecule has 0 spiro atoms. The van der Waals surface area contributed by atoms with Crippen LogP contribution in [0.3, 0.4) is 0 Å². The normalized spacial score (nSPS) is 20.0. The number of rotatable bonds is 4. The summed E-state index contributed by atoms with van der Waals surface area (Å²) >= 11 is 1.82. The van der Waals surface area contributed by atoms with Gasteiger partial charge in [-0.05, 0) is 17.5 Å². The minimum absolute atomic E-state index is 0.400. The van der Waals surface area contributed by atoms with Gasteiger partial charge < -0.3 is 5.32 Å². The molecule has 1 saturated heterocycles. The maximum atomic E-state index is 4.66. The number of aliphatic imine (C=N–C) groups is 1. The largest absolute Gasteiger partial charge is 0.357 e. The molecule has 0 bridgehead atoms. The Morgan fingerprint density at radius 1 is 1.00 bits per heavy atom. The number of nitrogens with one attached hydrogen (secondary N) is 1. The first-order valence-corrected chi connectivity index (χ1v) is 7.93. The molecular formula is C17H18N2S. The maximum absolute atomic E-state index is 4.66. The molecule has 102 valence electrons. The van der Waals surface area contributed by atoms with Crippen molar-refractivity contribution in [3.05, 3.63) is 71.8 Å². The van der Waals surface area contributed by atoms with E-state index in [9.17, 15) is 0 Å². The molecule has 1 aliphatic heterocycles. The lowest BCUT2D eigenvalue weighted by Crippen LogP contribution is -2.19. The monoisotopic (exact) mass is 282 g/mol. The van der Waals surface area contributed by atoms with E-state index in [1.165, 1.54) is 11.1 Å². The van der Waals surface area contributed by atoms with E-state index in [4.69, 9.17) is 0 Å². The Morgan fingerprint density at radius 2 is 1.70 bits per heavy atom. The molecule has 3 heteroatoms. The fourth-order valence-corrected chi connectivity index (χ4v) is 3.29. The lowest BCUT2D eigenvalue weighted by molar-refractivity contribution is 0.748. The highest BCUT2D eigenvalue weighted by Gasteiger charge is 2.21. The number of hydrogen-bond donors (Lipinski definition) is 1. The standard InChI is InChI=1S/C17H18N2S/c1-3-7-14(8-4-1)11-12-18-17-19-16(13-20-17)15-9-5-2-6-10-15/h1-10,16H,11-13H2,(H,18,19). The Hall–Kier alpha value is -1.74. The SMILES string of the molecule is c1ccc(CCN=C2NC(c3ccccc3)CS2)cc1. The highest BCUT2D eigenvalue weighted by Crippen LogP contribution is 2.25. The number of nitrogens with zero attached hydrogens (tertiary/aromatic N) is 1. The summed E-state index contributed by atoms with van der Waals surface area (Å²) in [4.78, 5) is 4.66. The molecule has 1 fully saturated rings. The molecule has 0 aromatic heterocycles. The number of hydrogen-bond acceptors (Lipinski definition) is 2. The molecular weight excluding hydrogens is 264 g/mol. The minimum atomic E-state index is 0.400. The van der Waals surface area contributed by atoms with E-state index in [2.05, 4.69) is 64.9 Å². The predicted molar refractivity (Wildman–Crippen MR) is 87.2 cm³/mol. The van der Waals surface area contributed by atoms with Gasteiger partial charge in [0.25, 0.3) is 0 Å². The van der Waals surface area contributed by atoms with Crippen molar-refractivity contribution in [2.45, 2.75) is 12.5 Å². The third-order valence-corrected chi connectivity index (χ3v) is 4.41. The van der Waals surface area contributed by atoms with Gasteiger partial charge in [0.05, 0.1) is 6.04 Å². The topological polar surface area (TPSA) is 24.4 Å². The van der Waals surface area contributed by atoms with Gasteiger partial charge in [-0.15, -0.1) is 0 Å². The van der Waals surface area contributed by atoms with Gasteiger partial charge in [0, 0.05) is 12.3 Å².